The highest BCUT2D eigenvalue weighted by Crippen LogP contribution is 2.47. The predicted octanol–water partition coefficient (Wildman–Crippen LogP) is 3.74. The van der Waals surface area contributed by atoms with E-state index in [-0.39, 0.29) is 0 Å². The van der Waals surface area contributed by atoms with E-state index in [0.29, 0.717) is 5.16 Å². The molecule has 66 valence electrons. The molecule has 0 bridgehead atoms. The van der Waals surface area contributed by atoms with Crippen molar-refractivity contribution < 1.29 is 2.74 Å². The van der Waals surface area contributed by atoms with E-state index in [4.69, 9.17) is 2.74 Å². The zero-order chi connectivity index (χ0) is 10.5. The summed E-state index contributed by atoms with van der Waals surface area (Å²) in [4.78, 5) is 0. The van der Waals surface area contributed by atoms with Gasteiger partial charge in [-0.2, -0.15) is 0 Å². The fourth-order valence-corrected chi connectivity index (χ4v) is 19.4. The molecule has 0 aromatic rings. The van der Waals surface area contributed by atoms with Gasteiger partial charge in [0.15, 0.2) is 0 Å². The predicted molar refractivity (Wildman–Crippen MR) is 58.6 cm³/mol. The first-order chi connectivity index (χ1) is 5.57. The van der Waals surface area contributed by atoms with Crippen molar-refractivity contribution in [3.05, 3.63) is 0 Å². The highest BCUT2D eigenvalue weighted by Gasteiger charge is 2.47. The summed E-state index contributed by atoms with van der Waals surface area (Å²) in [5, 5.41) is 0.451. The van der Waals surface area contributed by atoms with Crippen molar-refractivity contribution in [2.24, 2.45) is 0 Å². The van der Waals surface area contributed by atoms with Crippen LogP contribution in [0.5, 0.6) is 0 Å². The first kappa shape index (κ1) is 6.90. The van der Waals surface area contributed by atoms with Crippen LogP contribution in [0.2, 0.25) is 43.4 Å². The Hall–Kier alpha value is 0.434. The molecule has 0 amide bonds. The summed E-state index contributed by atoms with van der Waals surface area (Å²) < 4.78 is 16.0. The van der Waals surface area contributed by atoms with Gasteiger partial charge in [-0.05, 0) is 5.16 Å². The minimum atomic E-state index is -1.25. The molecule has 0 aromatic heterocycles. The average molecular weight is 188 g/mol. The normalized spacial score (nSPS) is 33.2. The van der Waals surface area contributed by atoms with Gasteiger partial charge in [0, 0.05) is 18.9 Å². The van der Waals surface area contributed by atoms with Crippen LogP contribution in [0.15, 0.2) is 0 Å². The van der Waals surface area contributed by atoms with Crippen LogP contribution in [0, 0.1) is 0 Å². The number of hydrogen-bond donors (Lipinski definition) is 0. The second kappa shape index (κ2) is 2.73. The average Bonchev–Trinajstić information content (AvgIpc) is 1.98. The molecular formula is C9H22Si2. The van der Waals surface area contributed by atoms with Gasteiger partial charge >= 0.3 is 0 Å². The van der Waals surface area contributed by atoms with Crippen molar-refractivity contribution in [1.82, 2.24) is 0 Å². The fourth-order valence-electron chi connectivity index (χ4n) is 2.77. The van der Waals surface area contributed by atoms with Crippen molar-refractivity contribution in [1.29, 1.82) is 0 Å². The van der Waals surface area contributed by atoms with Gasteiger partial charge in [-0.15, -0.1) is 0 Å². The monoisotopic (exact) mass is 188 g/mol. The van der Waals surface area contributed by atoms with E-state index in [1.54, 1.807) is 6.92 Å². The van der Waals surface area contributed by atoms with Crippen molar-refractivity contribution in [2.45, 2.75) is 56.7 Å². The summed E-state index contributed by atoms with van der Waals surface area (Å²) in [5.41, 5.74) is 0. The molecule has 0 radical (unpaired) electrons. The van der Waals surface area contributed by atoms with Crippen molar-refractivity contribution in [3.63, 3.8) is 0 Å². The Bertz CT molecular complexity index is 190. The maximum Gasteiger partial charge on any atom is 0.0475 e. The zero-order valence-corrected chi connectivity index (χ0v) is 10.5. The summed E-state index contributed by atoms with van der Waals surface area (Å²) in [6.45, 7) is 11.3. The SMILES string of the molecule is [2H]C([2H])(C)C1[Si](C)(C)CC[Si]1(C)C. The lowest BCUT2D eigenvalue weighted by molar-refractivity contribution is 0.963. The van der Waals surface area contributed by atoms with Gasteiger partial charge in [0.2, 0.25) is 0 Å². The maximum atomic E-state index is 7.98. The first-order valence-electron chi connectivity index (χ1n) is 5.57. The molecule has 0 atom stereocenters. The molecule has 2 heteroatoms. The summed E-state index contributed by atoms with van der Waals surface area (Å²) in [7, 11) is -2.51. The lowest BCUT2D eigenvalue weighted by Crippen LogP contribution is -2.37. The highest BCUT2D eigenvalue weighted by atomic mass is 28.4. The van der Waals surface area contributed by atoms with E-state index in [1.165, 1.54) is 12.1 Å². The molecule has 1 fully saturated rings. The molecule has 0 saturated carbocycles. The minimum absolute atomic E-state index is 0.451. The smallest absolute Gasteiger partial charge is 0.0475 e. The molecule has 0 unspecified atom stereocenters. The molecule has 11 heavy (non-hydrogen) atoms. The van der Waals surface area contributed by atoms with E-state index in [1.807, 2.05) is 0 Å². The van der Waals surface area contributed by atoms with Gasteiger partial charge < -0.3 is 0 Å². The summed E-state index contributed by atoms with van der Waals surface area (Å²) in [6, 6.07) is 2.70. The summed E-state index contributed by atoms with van der Waals surface area (Å²) in [5.74, 6) is 0. The molecule has 1 rings (SSSR count). The molecule has 1 aliphatic rings. The van der Waals surface area contributed by atoms with Gasteiger partial charge in [0.1, 0.15) is 0 Å². The van der Waals surface area contributed by atoms with Crippen LogP contribution >= 0.6 is 0 Å². The van der Waals surface area contributed by atoms with Gasteiger partial charge in [-0.1, -0.05) is 51.6 Å². The van der Waals surface area contributed by atoms with Crippen LogP contribution in [0.4, 0.5) is 0 Å². The first-order valence-corrected chi connectivity index (χ1v) is 11.1. The van der Waals surface area contributed by atoms with Gasteiger partial charge in [-0.25, -0.2) is 0 Å². The minimum Gasteiger partial charge on any atom is -0.0694 e. The van der Waals surface area contributed by atoms with E-state index in [9.17, 15) is 0 Å². The Morgan fingerprint density at radius 3 is 1.73 bits per heavy atom. The molecule has 0 spiro atoms. The third-order valence-corrected chi connectivity index (χ3v) is 15.2. The molecule has 1 saturated heterocycles. The van der Waals surface area contributed by atoms with Crippen LogP contribution in [-0.4, -0.2) is 16.1 Å². The van der Waals surface area contributed by atoms with Crippen molar-refractivity contribution in [2.75, 3.05) is 0 Å². The summed E-state index contributed by atoms with van der Waals surface area (Å²) in [6.07, 6.45) is -0.929. The molecule has 0 aliphatic carbocycles. The molecule has 1 aliphatic heterocycles. The maximum absolute atomic E-state index is 7.98. The van der Waals surface area contributed by atoms with Crippen LogP contribution in [0.1, 0.15) is 16.0 Å². The standard InChI is InChI=1S/C9H22Si2/c1-6-9-10(2,3)7-8-11(9,4)5/h9H,6-8H2,1-5H3/i6D2. The van der Waals surface area contributed by atoms with E-state index in [2.05, 4.69) is 26.2 Å². The van der Waals surface area contributed by atoms with Gasteiger partial charge in [0.25, 0.3) is 0 Å². The van der Waals surface area contributed by atoms with E-state index in [0.717, 1.165) is 0 Å². The number of hydrogen-bond acceptors (Lipinski definition) is 0. The molecular weight excluding hydrogens is 164 g/mol. The lowest BCUT2D eigenvalue weighted by Gasteiger charge is -2.31. The van der Waals surface area contributed by atoms with Crippen molar-refractivity contribution >= 4 is 16.1 Å². The topological polar surface area (TPSA) is 0 Å². The van der Waals surface area contributed by atoms with Crippen LogP contribution in [-0.2, 0) is 0 Å². The zero-order valence-electron chi connectivity index (χ0n) is 10.5. The third-order valence-electron chi connectivity index (χ3n) is 3.27. The quantitative estimate of drug-likeness (QED) is 0.550. The largest absolute Gasteiger partial charge is 0.0694 e. The highest BCUT2D eigenvalue weighted by molar-refractivity contribution is 7.01. The Balaban J connectivity index is 3.02. The Morgan fingerprint density at radius 1 is 1.18 bits per heavy atom. The lowest BCUT2D eigenvalue weighted by atomic mass is 10.6. The second-order valence-electron chi connectivity index (χ2n) is 5.20. The van der Waals surface area contributed by atoms with Gasteiger partial charge in [0.05, 0.1) is 0 Å². The Morgan fingerprint density at radius 2 is 1.55 bits per heavy atom. The third kappa shape index (κ3) is 1.62. The Kier molecular flexibility index (Phi) is 1.71. The molecule has 0 aromatic carbocycles. The van der Waals surface area contributed by atoms with E-state index < -0.39 is 22.5 Å². The van der Waals surface area contributed by atoms with Gasteiger partial charge in [-0.3, -0.25) is 0 Å². The molecule has 0 N–H and O–H groups in total. The number of rotatable bonds is 1. The Labute approximate surface area is 76.2 Å². The summed E-state index contributed by atoms with van der Waals surface area (Å²) >= 11 is 0. The van der Waals surface area contributed by atoms with Crippen molar-refractivity contribution in [3.8, 4) is 0 Å². The second-order valence-corrected chi connectivity index (χ2v) is 15.9. The molecule has 1 heterocycles. The van der Waals surface area contributed by atoms with Crippen LogP contribution < -0.4 is 0 Å². The molecule has 0 nitrogen and oxygen atoms in total. The van der Waals surface area contributed by atoms with Crippen LogP contribution in [0.25, 0.3) is 0 Å². The van der Waals surface area contributed by atoms with E-state index >= 15 is 0 Å². The fraction of sp³-hybridized carbons (Fsp3) is 1.00. The van der Waals surface area contributed by atoms with Crippen LogP contribution in [0.3, 0.4) is 0 Å².